The number of nitrogens with zero attached hydrogens (tertiary/aromatic N) is 2. The molecule has 2 heteroatoms. The van der Waals surface area contributed by atoms with Crippen molar-refractivity contribution in [1.82, 2.24) is 4.57 Å². The molecule has 0 aliphatic heterocycles. The topological polar surface area (TPSA) is 28.7 Å². The van der Waals surface area contributed by atoms with E-state index in [2.05, 4.69) is 38.1 Å². The average molecular weight is 184 g/mol. The summed E-state index contributed by atoms with van der Waals surface area (Å²) >= 11 is 0. The molecule has 14 heavy (non-hydrogen) atoms. The van der Waals surface area contributed by atoms with E-state index in [9.17, 15) is 0 Å². The van der Waals surface area contributed by atoms with Crippen LogP contribution in [0.5, 0.6) is 0 Å². The molecule has 0 bridgehead atoms. The second-order valence-electron chi connectivity index (χ2n) is 3.45. The minimum atomic E-state index is 0.744. The van der Waals surface area contributed by atoms with Crippen LogP contribution in [0.15, 0.2) is 24.3 Å². The molecule has 0 unspecified atom stereocenters. The normalized spacial score (nSPS) is 10.4. The Kier molecular flexibility index (Phi) is 2.01. The highest BCUT2D eigenvalue weighted by Gasteiger charge is 2.05. The first-order valence-corrected chi connectivity index (χ1v) is 4.76. The molecule has 1 aromatic carbocycles. The van der Waals surface area contributed by atoms with Gasteiger partial charge in [0.2, 0.25) is 0 Å². The van der Waals surface area contributed by atoms with Crippen LogP contribution in [0.1, 0.15) is 18.2 Å². The van der Waals surface area contributed by atoms with Gasteiger partial charge in [0.25, 0.3) is 0 Å². The van der Waals surface area contributed by atoms with Crippen molar-refractivity contribution in [3.8, 4) is 6.07 Å². The smallest absolute Gasteiger partial charge is 0.121 e. The Morgan fingerprint density at radius 1 is 1.36 bits per heavy atom. The molecule has 2 nitrogen and oxygen atoms in total. The summed E-state index contributed by atoms with van der Waals surface area (Å²) in [5.74, 6) is 0. The van der Waals surface area contributed by atoms with Crippen LogP contribution in [0.2, 0.25) is 0 Å². The van der Waals surface area contributed by atoms with Crippen molar-refractivity contribution >= 4 is 10.9 Å². The Hall–Kier alpha value is -1.75. The Morgan fingerprint density at radius 2 is 2.14 bits per heavy atom. The molecule has 70 valence electrons. The van der Waals surface area contributed by atoms with Crippen molar-refractivity contribution in [1.29, 1.82) is 5.26 Å². The van der Waals surface area contributed by atoms with Gasteiger partial charge in [-0.25, -0.2) is 0 Å². The van der Waals surface area contributed by atoms with Crippen molar-refractivity contribution < 1.29 is 0 Å². The predicted molar refractivity (Wildman–Crippen MR) is 57.1 cm³/mol. The average Bonchev–Trinajstić information content (AvgIpc) is 2.54. The maximum atomic E-state index is 8.95. The minimum absolute atomic E-state index is 0.744. The van der Waals surface area contributed by atoms with E-state index in [0.717, 1.165) is 23.1 Å². The molecule has 0 saturated carbocycles. The van der Waals surface area contributed by atoms with E-state index in [0.29, 0.717) is 0 Å². The molecule has 0 spiro atoms. The fourth-order valence-electron chi connectivity index (χ4n) is 1.82. The van der Waals surface area contributed by atoms with Crippen LogP contribution in [-0.4, -0.2) is 4.57 Å². The highest BCUT2D eigenvalue weighted by atomic mass is 15.0. The van der Waals surface area contributed by atoms with E-state index in [1.54, 1.807) is 0 Å². The van der Waals surface area contributed by atoms with Gasteiger partial charge >= 0.3 is 0 Å². The Labute approximate surface area is 83.4 Å². The summed E-state index contributed by atoms with van der Waals surface area (Å²) in [6.07, 6.45) is 0. The largest absolute Gasteiger partial charge is 0.333 e. The first-order chi connectivity index (χ1) is 6.76. The lowest BCUT2D eigenvalue weighted by Gasteiger charge is -2.01. The quantitative estimate of drug-likeness (QED) is 0.670. The molecule has 0 saturated heterocycles. The highest BCUT2D eigenvalue weighted by Crippen LogP contribution is 2.20. The number of benzene rings is 1. The molecule has 0 aliphatic rings. The lowest BCUT2D eigenvalue weighted by Crippen LogP contribution is -1.96. The third-order valence-corrected chi connectivity index (χ3v) is 2.49. The monoisotopic (exact) mass is 184 g/mol. The van der Waals surface area contributed by atoms with Crippen LogP contribution in [0.3, 0.4) is 0 Å². The van der Waals surface area contributed by atoms with Crippen molar-refractivity contribution in [3.05, 3.63) is 35.5 Å². The van der Waals surface area contributed by atoms with Gasteiger partial charge in [0.1, 0.15) is 11.8 Å². The second-order valence-corrected chi connectivity index (χ2v) is 3.45. The van der Waals surface area contributed by atoms with Crippen LogP contribution >= 0.6 is 0 Å². The summed E-state index contributed by atoms with van der Waals surface area (Å²) in [5, 5.41) is 10.1. The fraction of sp³-hybridized carbons (Fsp3) is 0.250. The van der Waals surface area contributed by atoms with Gasteiger partial charge in [-0.1, -0.05) is 11.6 Å². The van der Waals surface area contributed by atoms with Gasteiger partial charge in [-0.15, -0.1) is 0 Å². The maximum absolute atomic E-state index is 8.95. The highest BCUT2D eigenvalue weighted by molar-refractivity contribution is 5.83. The van der Waals surface area contributed by atoms with Crippen LogP contribution < -0.4 is 0 Å². The molecular weight excluding hydrogens is 172 g/mol. The van der Waals surface area contributed by atoms with Crippen LogP contribution in [-0.2, 0) is 6.54 Å². The van der Waals surface area contributed by atoms with E-state index >= 15 is 0 Å². The standard InChI is InChI=1S/C12H12N2/c1-3-14-11(8-13)7-10-6-9(2)4-5-12(10)14/h4-7H,3H2,1-2H3. The van der Waals surface area contributed by atoms with Gasteiger partial charge in [0.05, 0.1) is 0 Å². The van der Waals surface area contributed by atoms with Gasteiger partial charge in [-0.2, -0.15) is 5.26 Å². The first-order valence-electron chi connectivity index (χ1n) is 4.76. The van der Waals surface area contributed by atoms with E-state index < -0.39 is 0 Å². The number of rotatable bonds is 1. The lowest BCUT2D eigenvalue weighted by molar-refractivity contribution is 0.786. The third-order valence-electron chi connectivity index (χ3n) is 2.49. The summed E-state index contributed by atoms with van der Waals surface area (Å²) in [4.78, 5) is 0. The Balaban J connectivity index is 2.81. The summed E-state index contributed by atoms with van der Waals surface area (Å²) in [6.45, 7) is 4.96. The van der Waals surface area contributed by atoms with E-state index in [1.165, 1.54) is 5.56 Å². The van der Waals surface area contributed by atoms with Crippen molar-refractivity contribution in [2.75, 3.05) is 0 Å². The summed E-state index contributed by atoms with van der Waals surface area (Å²) in [5.41, 5.74) is 3.12. The number of aromatic nitrogens is 1. The van der Waals surface area contributed by atoms with Crippen molar-refractivity contribution in [3.63, 3.8) is 0 Å². The Morgan fingerprint density at radius 3 is 2.79 bits per heavy atom. The van der Waals surface area contributed by atoms with Crippen molar-refractivity contribution in [2.45, 2.75) is 20.4 Å². The van der Waals surface area contributed by atoms with Crippen LogP contribution in [0, 0.1) is 18.3 Å². The van der Waals surface area contributed by atoms with E-state index in [1.807, 2.05) is 10.6 Å². The zero-order valence-corrected chi connectivity index (χ0v) is 8.41. The fourth-order valence-corrected chi connectivity index (χ4v) is 1.82. The molecule has 1 heterocycles. The number of hydrogen-bond acceptors (Lipinski definition) is 1. The first kappa shape index (κ1) is 8.83. The molecule has 0 atom stereocenters. The molecule has 0 N–H and O–H groups in total. The second kappa shape index (κ2) is 3.19. The van der Waals surface area contributed by atoms with Crippen LogP contribution in [0.25, 0.3) is 10.9 Å². The van der Waals surface area contributed by atoms with Gasteiger partial charge in [-0.05, 0) is 32.0 Å². The maximum Gasteiger partial charge on any atom is 0.121 e. The van der Waals surface area contributed by atoms with Gasteiger partial charge in [-0.3, -0.25) is 0 Å². The summed E-state index contributed by atoms with van der Waals surface area (Å²) < 4.78 is 2.04. The van der Waals surface area contributed by atoms with E-state index in [4.69, 9.17) is 5.26 Å². The number of hydrogen-bond donors (Lipinski definition) is 0. The zero-order chi connectivity index (χ0) is 10.1. The zero-order valence-electron chi connectivity index (χ0n) is 8.41. The molecular formula is C12H12N2. The minimum Gasteiger partial charge on any atom is -0.333 e. The van der Waals surface area contributed by atoms with Gasteiger partial charge in [0, 0.05) is 17.4 Å². The number of fused-ring (bicyclic) bond motifs is 1. The summed E-state index contributed by atoms with van der Waals surface area (Å²) in [7, 11) is 0. The molecule has 0 aliphatic carbocycles. The molecule has 0 fully saturated rings. The molecule has 1 aromatic heterocycles. The number of aryl methyl sites for hydroxylation is 2. The van der Waals surface area contributed by atoms with E-state index in [-0.39, 0.29) is 0 Å². The third kappa shape index (κ3) is 1.18. The molecule has 2 aromatic rings. The predicted octanol–water partition coefficient (Wildman–Crippen LogP) is 2.84. The number of nitriles is 1. The van der Waals surface area contributed by atoms with Crippen LogP contribution in [0.4, 0.5) is 0 Å². The van der Waals surface area contributed by atoms with Gasteiger partial charge < -0.3 is 4.57 Å². The lowest BCUT2D eigenvalue weighted by atomic mass is 10.2. The summed E-state index contributed by atoms with van der Waals surface area (Å²) in [6, 6.07) is 10.4. The molecule has 0 radical (unpaired) electrons. The molecule has 2 rings (SSSR count). The van der Waals surface area contributed by atoms with Crippen molar-refractivity contribution in [2.24, 2.45) is 0 Å². The molecule has 0 amide bonds. The SMILES string of the molecule is CCn1c(C#N)cc2cc(C)ccc21. The van der Waals surface area contributed by atoms with Gasteiger partial charge in [0.15, 0.2) is 0 Å². The Bertz CT molecular complexity index is 515.